The van der Waals surface area contributed by atoms with E-state index in [1.807, 2.05) is 36.2 Å². The third kappa shape index (κ3) is 3.68. The summed E-state index contributed by atoms with van der Waals surface area (Å²) >= 11 is 0. The lowest BCUT2D eigenvalue weighted by atomic mass is 10.2. The lowest BCUT2D eigenvalue weighted by Crippen LogP contribution is -2.33. The maximum atomic E-state index is 12.7. The molecule has 0 fully saturated rings. The van der Waals surface area contributed by atoms with Crippen LogP contribution in [0, 0.1) is 6.92 Å². The number of aromatic nitrogens is 3. The Balaban J connectivity index is 1.93. The van der Waals surface area contributed by atoms with Crippen molar-refractivity contribution < 1.29 is 18.8 Å². The number of carbonyl (C=O) groups is 1. The van der Waals surface area contributed by atoms with Crippen LogP contribution in [0.15, 0.2) is 33.6 Å². The fourth-order valence-electron chi connectivity index (χ4n) is 2.83. The van der Waals surface area contributed by atoms with Crippen molar-refractivity contribution in [3.63, 3.8) is 0 Å². The first kappa shape index (κ1) is 18.6. The van der Waals surface area contributed by atoms with Crippen LogP contribution in [0.2, 0.25) is 0 Å². The van der Waals surface area contributed by atoms with Crippen molar-refractivity contribution in [3.05, 3.63) is 51.6 Å². The molecule has 0 atom stereocenters. The molecule has 142 valence electrons. The van der Waals surface area contributed by atoms with E-state index < -0.39 is 11.5 Å². The Bertz CT molecular complexity index is 1040. The summed E-state index contributed by atoms with van der Waals surface area (Å²) in [6.07, 6.45) is 0. The smallest absolute Gasteiger partial charge is 0.359 e. The highest BCUT2D eigenvalue weighted by Gasteiger charge is 2.23. The van der Waals surface area contributed by atoms with E-state index in [2.05, 4.69) is 10.3 Å². The monoisotopic (exact) mass is 372 g/mol. The summed E-state index contributed by atoms with van der Waals surface area (Å²) in [5, 5.41) is 8.24. The van der Waals surface area contributed by atoms with E-state index in [4.69, 9.17) is 14.0 Å². The topological polar surface area (TPSA) is 99.7 Å². The largest absolute Gasteiger partial charge is 0.497 e. The molecule has 0 unspecified atom stereocenters. The molecule has 0 bridgehead atoms. The number of rotatable bonds is 6. The van der Waals surface area contributed by atoms with Crippen LogP contribution in [-0.4, -0.2) is 47.1 Å². The molecule has 0 spiro atoms. The summed E-state index contributed by atoms with van der Waals surface area (Å²) in [4.78, 5) is 26.6. The molecule has 0 radical (unpaired) electrons. The summed E-state index contributed by atoms with van der Waals surface area (Å²) in [5.74, 6) is 0.436. The Hall–Kier alpha value is -3.20. The van der Waals surface area contributed by atoms with Crippen LogP contribution in [-0.2, 0) is 18.0 Å². The van der Waals surface area contributed by atoms with Crippen LogP contribution in [0.5, 0.6) is 5.75 Å². The fraction of sp³-hybridized carbons (Fsp3) is 0.333. The number of fused-ring (bicyclic) bond motifs is 1. The van der Waals surface area contributed by atoms with E-state index in [1.54, 1.807) is 14.0 Å². The van der Waals surface area contributed by atoms with Crippen LogP contribution in [0.3, 0.4) is 0 Å². The predicted molar refractivity (Wildman–Crippen MR) is 96.6 cm³/mol. The Morgan fingerprint density at radius 2 is 2.11 bits per heavy atom. The molecule has 9 nitrogen and oxygen atoms in total. The van der Waals surface area contributed by atoms with Gasteiger partial charge >= 0.3 is 5.97 Å². The molecule has 3 rings (SSSR count). The lowest BCUT2D eigenvalue weighted by Gasteiger charge is -2.18. The van der Waals surface area contributed by atoms with E-state index in [0.29, 0.717) is 12.3 Å². The van der Waals surface area contributed by atoms with Gasteiger partial charge in [-0.2, -0.15) is 5.10 Å². The Labute approximate surface area is 155 Å². The summed E-state index contributed by atoms with van der Waals surface area (Å²) in [6, 6.07) is 7.63. The third-order valence-electron chi connectivity index (χ3n) is 4.10. The van der Waals surface area contributed by atoms with Gasteiger partial charge in [0.15, 0.2) is 11.2 Å². The van der Waals surface area contributed by atoms with Gasteiger partial charge in [0.2, 0.25) is 0 Å². The molecule has 0 saturated carbocycles. The molecule has 27 heavy (non-hydrogen) atoms. The molecular weight excluding hydrogens is 352 g/mol. The van der Waals surface area contributed by atoms with Gasteiger partial charge in [0.25, 0.3) is 5.56 Å². The van der Waals surface area contributed by atoms with Crippen molar-refractivity contribution in [1.82, 2.24) is 19.8 Å². The first-order chi connectivity index (χ1) is 12.9. The summed E-state index contributed by atoms with van der Waals surface area (Å²) in [6.45, 7) is 2.32. The highest BCUT2D eigenvalue weighted by atomic mass is 16.5. The van der Waals surface area contributed by atoms with Crippen molar-refractivity contribution in [2.24, 2.45) is 0 Å². The number of hydrogen-bond donors (Lipinski definition) is 0. The van der Waals surface area contributed by atoms with Gasteiger partial charge in [0.05, 0.1) is 26.3 Å². The minimum absolute atomic E-state index is 0.000584. The van der Waals surface area contributed by atoms with Gasteiger partial charge in [-0.15, -0.1) is 0 Å². The van der Waals surface area contributed by atoms with Crippen molar-refractivity contribution in [2.75, 3.05) is 21.3 Å². The van der Waals surface area contributed by atoms with Crippen LogP contribution in [0.4, 0.5) is 0 Å². The normalized spacial score (nSPS) is 11.1. The SMILES string of the molecule is COC(=O)c1nn(CN(C)Cc2cccc(OC)c2)c(=O)c2noc(C)c12. The van der Waals surface area contributed by atoms with Gasteiger partial charge in [0, 0.05) is 6.54 Å². The quantitative estimate of drug-likeness (QED) is 0.601. The second-order valence-electron chi connectivity index (χ2n) is 6.11. The molecule has 0 aliphatic heterocycles. The highest BCUT2D eigenvalue weighted by Crippen LogP contribution is 2.19. The Morgan fingerprint density at radius 3 is 2.81 bits per heavy atom. The number of benzene rings is 1. The van der Waals surface area contributed by atoms with Crippen LogP contribution >= 0.6 is 0 Å². The second-order valence-corrected chi connectivity index (χ2v) is 6.11. The number of hydrogen-bond acceptors (Lipinski definition) is 8. The van der Waals surface area contributed by atoms with Gasteiger partial charge in [-0.1, -0.05) is 17.3 Å². The zero-order valence-electron chi connectivity index (χ0n) is 15.6. The Morgan fingerprint density at radius 1 is 1.33 bits per heavy atom. The molecule has 9 heteroatoms. The van der Waals surface area contributed by atoms with E-state index in [9.17, 15) is 9.59 Å². The maximum absolute atomic E-state index is 12.7. The highest BCUT2D eigenvalue weighted by molar-refractivity contribution is 6.01. The molecule has 2 heterocycles. The van der Waals surface area contributed by atoms with Crippen LogP contribution in [0.25, 0.3) is 10.9 Å². The molecule has 0 amide bonds. The van der Waals surface area contributed by atoms with Gasteiger partial charge in [0.1, 0.15) is 11.5 Å². The first-order valence-corrected chi connectivity index (χ1v) is 8.21. The number of aryl methyl sites for hydroxylation is 1. The molecule has 3 aromatic rings. The standard InChI is InChI=1S/C18H20N4O5/c1-11-14-15(20-27-11)17(23)22(19-16(14)18(24)26-4)10-21(2)9-12-6-5-7-13(8-12)25-3/h5-8H,9-10H2,1-4H3. The van der Waals surface area contributed by atoms with E-state index >= 15 is 0 Å². The average Bonchev–Trinajstić information content (AvgIpc) is 3.05. The number of methoxy groups -OCH3 is 2. The summed E-state index contributed by atoms with van der Waals surface area (Å²) in [7, 11) is 4.70. The Kier molecular flexibility index (Phi) is 5.22. The number of ether oxygens (including phenoxy) is 2. The maximum Gasteiger partial charge on any atom is 0.359 e. The van der Waals surface area contributed by atoms with Crippen molar-refractivity contribution in [3.8, 4) is 5.75 Å². The van der Waals surface area contributed by atoms with Crippen LogP contribution < -0.4 is 10.3 Å². The van der Waals surface area contributed by atoms with Gasteiger partial charge in [-0.3, -0.25) is 9.69 Å². The second kappa shape index (κ2) is 7.58. The fourth-order valence-corrected chi connectivity index (χ4v) is 2.83. The van der Waals surface area contributed by atoms with Crippen molar-refractivity contribution >= 4 is 16.9 Å². The van der Waals surface area contributed by atoms with Gasteiger partial charge < -0.3 is 14.0 Å². The minimum atomic E-state index is -0.657. The van der Waals surface area contributed by atoms with E-state index in [0.717, 1.165) is 11.3 Å². The zero-order valence-corrected chi connectivity index (χ0v) is 15.6. The molecule has 0 N–H and O–H groups in total. The van der Waals surface area contributed by atoms with E-state index in [1.165, 1.54) is 11.8 Å². The molecule has 0 saturated heterocycles. The van der Waals surface area contributed by atoms with Crippen LogP contribution in [0.1, 0.15) is 21.8 Å². The average molecular weight is 372 g/mol. The number of nitrogens with zero attached hydrogens (tertiary/aromatic N) is 4. The third-order valence-corrected chi connectivity index (χ3v) is 4.10. The number of esters is 1. The molecular formula is C18H20N4O5. The van der Waals surface area contributed by atoms with Crippen molar-refractivity contribution in [2.45, 2.75) is 20.1 Å². The number of carbonyl (C=O) groups excluding carboxylic acids is 1. The first-order valence-electron chi connectivity index (χ1n) is 8.21. The summed E-state index contributed by atoms with van der Waals surface area (Å²) < 4.78 is 16.2. The van der Waals surface area contributed by atoms with Gasteiger partial charge in [-0.05, 0) is 31.7 Å². The summed E-state index contributed by atoms with van der Waals surface area (Å²) in [5.41, 5.74) is 0.627. The zero-order chi connectivity index (χ0) is 19.6. The van der Waals surface area contributed by atoms with Gasteiger partial charge in [-0.25, -0.2) is 9.48 Å². The minimum Gasteiger partial charge on any atom is -0.497 e. The van der Waals surface area contributed by atoms with Crippen molar-refractivity contribution in [1.29, 1.82) is 0 Å². The molecule has 0 aliphatic rings. The molecule has 0 aliphatic carbocycles. The molecule has 1 aromatic carbocycles. The predicted octanol–water partition coefficient (Wildman–Crippen LogP) is 1.58. The lowest BCUT2D eigenvalue weighted by molar-refractivity contribution is 0.0592. The molecule has 2 aromatic heterocycles. The van der Waals surface area contributed by atoms with E-state index in [-0.39, 0.29) is 23.3 Å².